The Morgan fingerprint density at radius 2 is 1.84 bits per heavy atom. The van der Waals surface area contributed by atoms with Crippen molar-refractivity contribution in [1.82, 2.24) is 0 Å². The Hall–Kier alpha value is -2.56. The number of carbonyl (C=O) groups is 2. The molecule has 2 aliphatic rings. The zero-order valence-corrected chi connectivity index (χ0v) is 13.9. The summed E-state index contributed by atoms with van der Waals surface area (Å²) in [7, 11) is 0. The van der Waals surface area contributed by atoms with Crippen molar-refractivity contribution >= 4 is 28.5 Å². The van der Waals surface area contributed by atoms with Crippen LogP contribution in [0.5, 0.6) is 0 Å². The summed E-state index contributed by atoms with van der Waals surface area (Å²) in [4.78, 5) is 23.9. The van der Waals surface area contributed by atoms with Crippen LogP contribution in [0.25, 0.3) is 11.0 Å². The zero-order valence-electron chi connectivity index (χ0n) is 13.9. The maximum Gasteiger partial charge on any atom is 0.228 e. The smallest absolute Gasteiger partial charge is 0.228 e. The predicted octanol–water partition coefficient (Wildman–Crippen LogP) is 2.58. The van der Waals surface area contributed by atoms with Gasteiger partial charge in [0.2, 0.25) is 5.91 Å². The first-order valence-electron chi connectivity index (χ1n) is 8.84. The number of hydrogen-bond donors (Lipinski definition) is 1. The van der Waals surface area contributed by atoms with Crippen LogP contribution >= 0.6 is 0 Å². The van der Waals surface area contributed by atoms with E-state index in [9.17, 15) is 14.7 Å². The molecule has 0 fully saturated rings. The molecule has 2 aliphatic carbocycles. The number of fused-ring (bicyclic) bond motifs is 3. The molecular weight excluding hydrogens is 318 g/mol. The van der Waals surface area contributed by atoms with Gasteiger partial charge in [0.1, 0.15) is 11.3 Å². The number of aryl methyl sites for hydroxylation is 2. The number of allylic oxidation sites excluding steroid dienone is 2. The van der Waals surface area contributed by atoms with Gasteiger partial charge in [0.25, 0.3) is 0 Å². The SMILES string of the molecule is O=C([O-])[C@@H]1CC=CC[C@H]1C(=O)Nc1ccc2oc3c(c2c1)CCCC3. The molecule has 2 atom stereocenters. The third-order valence-corrected chi connectivity index (χ3v) is 5.29. The van der Waals surface area contributed by atoms with Crippen LogP contribution in [0, 0.1) is 11.8 Å². The summed E-state index contributed by atoms with van der Waals surface area (Å²) >= 11 is 0. The van der Waals surface area contributed by atoms with Crippen LogP contribution in [-0.2, 0) is 22.4 Å². The van der Waals surface area contributed by atoms with Gasteiger partial charge in [-0.05, 0) is 50.3 Å². The molecule has 5 heteroatoms. The summed E-state index contributed by atoms with van der Waals surface area (Å²) in [5.74, 6) is -1.74. The second-order valence-electron chi connectivity index (χ2n) is 6.89. The van der Waals surface area contributed by atoms with Gasteiger partial charge in [0.05, 0.1) is 5.92 Å². The fraction of sp³-hybridized carbons (Fsp3) is 0.400. The maximum atomic E-state index is 12.6. The minimum atomic E-state index is -1.16. The van der Waals surface area contributed by atoms with Crippen LogP contribution in [0.2, 0.25) is 0 Å². The van der Waals surface area contributed by atoms with Crippen LogP contribution in [0.4, 0.5) is 5.69 Å². The molecule has 0 aliphatic heterocycles. The number of carboxylic acids is 1. The molecule has 1 N–H and O–H groups in total. The van der Waals surface area contributed by atoms with Crippen LogP contribution in [0.3, 0.4) is 0 Å². The highest BCUT2D eigenvalue weighted by Crippen LogP contribution is 2.34. The van der Waals surface area contributed by atoms with Gasteiger partial charge in [-0.2, -0.15) is 0 Å². The summed E-state index contributed by atoms with van der Waals surface area (Å²) in [6.07, 6.45) is 8.69. The number of benzene rings is 1. The lowest BCUT2D eigenvalue weighted by Gasteiger charge is -2.28. The Bertz CT molecular complexity index is 864. The largest absolute Gasteiger partial charge is 0.550 e. The fourth-order valence-corrected chi connectivity index (χ4v) is 3.94. The Balaban J connectivity index is 1.58. The van der Waals surface area contributed by atoms with E-state index in [0.717, 1.165) is 42.4 Å². The van der Waals surface area contributed by atoms with Gasteiger partial charge < -0.3 is 19.6 Å². The lowest BCUT2D eigenvalue weighted by molar-refractivity contribution is -0.313. The Labute approximate surface area is 145 Å². The molecule has 5 nitrogen and oxygen atoms in total. The highest BCUT2D eigenvalue weighted by molar-refractivity contribution is 5.97. The van der Waals surface area contributed by atoms with Gasteiger partial charge in [-0.15, -0.1) is 0 Å². The van der Waals surface area contributed by atoms with Crippen molar-refractivity contribution in [2.45, 2.75) is 38.5 Å². The first-order valence-corrected chi connectivity index (χ1v) is 8.84. The van der Waals surface area contributed by atoms with Crippen molar-refractivity contribution in [3.8, 4) is 0 Å². The number of anilines is 1. The number of carbonyl (C=O) groups excluding carboxylic acids is 2. The highest BCUT2D eigenvalue weighted by atomic mass is 16.4. The number of furan rings is 1. The lowest BCUT2D eigenvalue weighted by Crippen LogP contribution is -2.41. The zero-order chi connectivity index (χ0) is 17.4. The minimum Gasteiger partial charge on any atom is -0.550 e. The van der Waals surface area contributed by atoms with E-state index in [1.54, 1.807) is 6.08 Å². The van der Waals surface area contributed by atoms with Crippen molar-refractivity contribution < 1.29 is 19.1 Å². The molecule has 2 aromatic rings. The lowest BCUT2D eigenvalue weighted by atomic mass is 9.82. The molecule has 0 radical (unpaired) electrons. The van der Waals surface area contributed by atoms with Crippen LogP contribution in [0.1, 0.15) is 37.0 Å². The Morgan fingerprint density at radius 3 is 2.64 bits per heavy atom. The van der Waals surface area contributed by atoms with Gasteiger partial charge in [0.15, 0.2) is 0 Å². The van der Waals surface area contributed by atoms with Gasteiger partial charge >= 0.3 is 0 Å². The van der Waals surface area contributed by atoms with E-state index in [1.807, 2.05) is 24.3 Å². The molecule has 4 rings (SSSR count). The van der Waals surface area contributed by atoms with E-state index >= 15 is 0 Å². The van der Waals surface area contributed by atoms with Crippen molar-refractivity contribution in [2.75, 3.05) is 5.32 Å². The van der Waals surface area contributed by atoms with Gasteiger partial charge in [-0.3, -0.25) is 4.79 Å². The fourth-order valence-electron chi connectivity index (χ4n) is 3.94. The van der Waals surface area contributed by atoms with Crippen LogP contribution in [0.15, 0.2) is 34.8 Å². The predicted molar refractivity (Wildman–Crippen MR) is 91.8 cm³/mol. The van der Waals surface area contributed by atoms with Gasteiger partial charge in [-0.1, -0.05) is 12.2 Å². The van der Waals surface area contributed by atoms with Gasteiger partial charge in [0, 0.05) is 34.9 Å². The number of carboxylic acid groups (broad SMARTS) is 1. The van der Waals surface area contributed by atoms with Crippen molar-refractivity contribution in [2.24, 2.45) is 11.8 Å². The second-order valence-corrected chi connectivity index (χ2v) is 6.89. The molecule has 1 heterocycles. The average Bonchev–Trinajstić information content (AvgIpc) is 2.99. The number of amides is 1. The van der Waals surface area contributed by atoms with E-state index < -0.39 is 17.8 Å². The third kappa shape index (κ3) is 2.95. The van der Waals surface area contributed by atoms with Crippen molar-refractivity contribution in [3.05, 3.63) is 41.7 Å². The second kappa shape index (κ2) is 6.39. The highest BCUT2D eigenvalue weighted by Gasteiger charge is 2.30. The quantitative estimate of drug-likeness (QED) is 0.872. The van der Waals surface area contributed by atoms with E-state index in [0.29, 0.717) is 18.5 Å². The van der Waals surface area contributed by atoms with E-state index in [-0.39, 0.29) is 5.91 Å². The number of aliphatic carboxylic acids is 1. The summed E-state index contributed by atoms with van der Waals surface area (Å²) < 4.78 is 5.91. The third-order valence-electron chi connectivity index (χ3n) is 5.29. The minimum absolute atomic E-state index is 0.268. The standard InChI is InChI=1S/C20H21NO4/c22-19(14-6-1-2-7-15(14)20(23)24)21-12-9-10-18-16(11-12)13-5-3-4-8-17(13)25-18/h1-2,9-11,14-15H,3-8H2,(H,21,22)(H,23,24)/p-1/t14-,15-/m1/s1. The number of nitrogens with one attached hydrogen (secondary N) is 1. The van der Waals surface area contributed by atoms with Crippen molar-refractivity contribution in [3.63, 3.8) is 0 Å². The molecule has 0 saturated carbocycles. The van der Waals surface area contributed by atoms with E-state index in [4.69, 9.17) is 4.42 Å². The monoisotopic (exact) mass is 338 g/mol. The molecule has 0 saturated heterocycles. The molecule has 1 aromatic heterocycles. The molecular formula is C20H20NO4-. The summed E-state index contributed by atoms with van der Waals surface area (Å²) in [5, 5.41) is 15.2. The van der Waals surface area contributed by atoms with Gasteiger partial charge in [-0.25, -0.2) is 0 Å². The molecule has 0 unspecified atom stereocenters. The normalized spacial score (nSPS) is 22.6. The number of rotatable bonds is 3. The van der Waals surface area contributed by atoms with Crippen LogP contribution < -0.4 is 10.4 Å². The van der Waals surface area contributed by atoms with Crippen LogP contribution in [-0.4, -0.2) is 11.9 Å². The molecule has 130 valence electrons. The molecule has 1 aromatic carbocycles. The Kier molecular flexibility index (Phi) is 4.07. The molecule has 25 heavy (non-hydrogen) atoms. The first-order chi connectivity index (χ1) is 12.1. The van der Waals surface area contributed by atoms with E-state index in [1.165, 1.54) is 5.56 Å². The summed E-state index contributed by atoms with van der Waals surface area (Å²) in [6.45, 7) is 0. The maximum absolute atomic E-state index is 12.6. The van der Waals surface area contributed by atoms with E-state index in [2.05, 4.69) is 5.32 Å². The molecule has 0 spiro atoms. The van der Waals surface area contributed by atoms with Crippen molar-refractivity contribution in [1.29, 1.82) is 0 Å². The first kappa shape index (κ1) is 15.9. The number of hydrogen-bond acceptors (Lipinski definition) is 4. The summed E-state index contributed by atoms with van der Waals surface area (Å²) in [6, 6.07) is 5.62. The Morgan fingerprint density at radius 1 is 1.08 bits per heavy atom. The molecule has 1 amide bonds. The topological polar surface area (TPSA) is 82.4 Å². The molecule has 0 bridgehead atoms. The summed E-state index contributed by atoms with van der Waals surface area (Å²) in [5.41, 5.74) is 2.77. The average molecular weight is 338 g/mol.